The highest BCUT2D eigenvalue weighted by Crippen LogP contribution is 2.30. The molecule has 0 radical (unpaired) electrons. The second-order valence-corrected chi connectivity index (χ2v) is 7.75. The molecule has 7 nitrogen and oxygen atoms in total. The summed E-state index contributed by atoms with van der Waals surface area (Å²) in [6, 6.07) is 15.0. The molecule has 0 aliphatic carbocycles. The van der Waals surface area contributed by atoms with Crippen LogP contribution in [0, 0.1) is 0 Å². The molecule has 1 aliphatic heterocycles. The van der Waals surface area contributed by atoms with Crippen molar-refractivity contribution in [2.24, 2.45) is 7.05 Å². The van der Waals surface area contributed by atoms with Gasteiger partial charge < -0.3 is 15.5 Å². The molecule has 2 heterocycles. The maximum atomic E-state index is 13.6. The fraction of sp³-hybridized carbons (Fsp3) is 0.348. The predicted octanol–water partition coefficient (Wildman–Crippen LogP) is 2.57. The summed E-state index contributed by atoms with van der Waals surface area (Å²) < 4.78 is 1.84. The summed E-state index contributed by atoms with van der Waals surface area (Å²) in [6.07, 6.45) is 1.29. The van der Waals surface area contributed by atoms with Crippen LogP contribution in [0.2, 0.25) is 0 Å². The molecule has 0 unspecified atom stereocenters. The van der Waals surface area contributed by atoms with Gasteiger partial charge in [-0.2, -0.15) is 5.10 Å². The number of aryl methyl sites for hydroxylation is 2. The first-order valence-corrected chi connectivity index (χ1v) is 10.3. The second-order valence-electron chi connectivity index (χ2n) is 7.75. The van der Waals surface area contributed by atoms with E-state index in [-0.39, 0.29) is 30.3 Å². The molecule has 0 bridgehead atoms. The number of hydrogen-bond acceptors (Lipinski definition) is 4. The summed E-state index contributed by atoms with van der Waals surface area (Å²) in [4.78, 5) is 27.8. The first-order valence-electron chi connectivity index (χ1n) is 10.3. The van der Waals surface area contributed by atoms with Gasteiger partial charge in [0.25, 0.3) is 0 Å². The van der Waals surface area contributed by atoms with Crippen molar-refractivity contribution in [1.82, 2.24) is 20.4 Å². The lowest BCUT2D eigenvalue weighted by atomic mass is 10.1. The maximum absolute atomic E-state index is 13.6. The van der Waals surface area contributed by atoms with E-state index in [4.69, 9.17) is 0 Å². The van der Waals surface area contributed by atoms with E-state index in [0.717, 1.165) is 34.3 Å². The van der Waals surface area contributed by atoms with Crippen LogP contribution in [-0.2, 0) is 29.6 Å². The highest BCUT2D eigenvalue weighted by molar-refractivity contribution is 6.01. The first kappa shape index (κ1) is 22.8. The van der Waals surface area contributed by atoms with Crippen molar-refractivity contribution in [3.63, 3.8) is 0 Å². The minimum Gasteiger partial charge on any atom is -0.343 e. The van der Waals surface area contributed by atoms with Crippen LogP contribution in [-0.4, -0.2) is 40.7 Å². The van der Waals surface area contributed by atoms with Gasteiger partial charge in [0.15, 0.2) is 0 Å². The van der Waals surface area contributed by atoms with E-state index in [1.807, 2.05) is 60.3 Å². The van der Waals surface area contributed by atoms with Crippen LogP contribution >= 0.6 is 12.4 Å². The summed E-state index contributed by atoms with van der Waals surface area (Å²) in [5.74, 6) is -0.281. The summed E-state index contributed by atoms with van der Waals surface area (Å²) >= 11 is 0. The van der Waals surface area contributed by atoms with E-state index in [9.17, 15) is 9.59 Å². The van der Waals surface area contributed by atoms with Crippen molar-refractivity contribution < 1.29 is 9.59 Å². The number of aromatic nitrogens is 2. The molecule has 164 valence electrons. The van der Waals surface area contributed by atoms with Crippen LogP contribution < -0.4 is 15.5 Å². The molecule has 3 aromatic rings. The third kappa shape index (κ3) is 4.43. The lowest BCUT2D eigenvalue weighted by molar-refractivity contribution is -0.128. The summed E-state index contributed by atoms with van der Waals surface area (Å²) in [6.45, 7) is 2.13. The molecule has 31 heavy (non-hydrogen) atoms. The van der Waals surface area contributed by atoms with Gasteiger partial charge in [0.05, 0.1) is 23.8 Å². The number of para-hydroxylation sites is 2. The van der Waals surface area contributed by atoms with Crippen LogP contribution in [0.25, 0.3) is 10.9 Å². The Morgan fingerprint density at radius 2 is 1.90 bits per heavy atom. The molecule has 2 N–H and O–H groups in total. The van der Waals surface area contributed by atoms with Crippen molar-refractivity contribution in [2.45, 2.75) is 38.4 Å². The number of nitrogens with one attached hydrogen (secondary N) is 2. The molecule has 2 aromatic carbocycles. The van der Waals surface area contributed by atoms with Gasteiger partial charge in [-0.05, 0) is 44.5 Å². The molecule has 0 spiro atoms. The van der Waals surface area contributed by atoms with Gasteiger partial charge >= 0.3 is 0 Å². The molecule has 2 amide bonds. The number of anilines is 1. The Kier molecular flexibility index (Phi) is 6.97. The molecular weight excluding hydrogens is 414 g/mol. The van der Waals surface area contributed by atoms with Gasteiger partial charge in [-0.25, -0.2) is 0 Å². The van der Waals surface area contributed by atoms with Crippen molar-refractivity contribution in [2.75, 3.05) is 11.9 Å². The first-order chi connectivity index (χ1) is 14.5. The fourth-order valence-corrected chi connectivity index (χ4v) is 4.00. The molecule has 1 aromatic heterocycles. The summed E-state index contributed by atoms with van der Waals surface area (Å²) in [5.41, 5.74) is 3.85. The zero-order chi connectivity index (χ0) is 21.3. The van der Waals surface area contributed by atoms with E-state index < -0.39 is 6.04 Å². The standard InChI is InChI=1S/C23H27N5O2.ClH/c1-15(24-2)22(29)25-18-13-12-16-8-4-6-10-20(16)28(23(18)30)14-19-17-9-5-7-11-21(17)27(3)26-19;/h4-11,15,18,24H,12-14H2,1-3H3,(H,25,29);1H/t15-,18-;/m0./s1. The van der Waals surface area contributed by atoms with Gasteiger partial charge in [0.1, 0.15) is 6.04 Å². The van der Waals surface area contributed by atoms with E-state index in [1.54, 1.807) is 18.9 Å². The molecular formula is C23H28ClN5O2. The normalized spacial score (nSPS) is 16.9. The Balaban J connectivity index is 0.00000272. The predicted molar refractivity (Wildman–Crippen MR) is 124 cm³/mol. The fourth-order valence-electron chi connectivity index (χ4n) is 4.00. The van der Waals surface area contributed by atoms with Gasteiger partial charge in [0, 0.05) is 18.1 Å². The number of benzene rings is 2. The minimum absolute atomic E-state index is 0. The number of carbonyl (C=O) groups is 2. The quantitative estimate of drug-likeness (QED) is 0.637. The Morgan fingerprint density at radius 3 is 2.68 bits per heavy atom. The highest BCUT2D eigenvalue weighted by Gasteiger charge is 2.32. The van der Waals surface area contributed by atoms with Crippen LogP contribution in [0.4, 0.5) is 5.69 Å². The summed E-state index contributed by atoms with van der Waals surface area (Å²) in [5, 5.41) is 11.6. The molecule has 8 heteroatoms. The van der Waals surface area contributed by atoms with Crippen molar-refractivity contribution >= 4 is 40.8 Å². The number of rotatable bonds is 5. The van der Waals surface area contributed by atoms with E-state index in [1.165, 1.54) is 0 Å². The second kappa shape index (κ2) is 9.49. The van der Waals surface area contributed by atoms with Crippen LogP contribution in [0.1, 0.15) is 24.6 Å². The molecule has 0 fully saturated rings. The number of halogens is 1. The van der Waals surface area contributed by atoms with Crippen molar-refractivity contribution in [1.29, 1.82) is 0 Å². The van der Waals surface area contributed by atoms with Crippen molar-refractivity contribution in [3.8, 4) is 0 Å². The number of nitrogens with zero attached hydrogens (tertiary/aromatic N) is 3. The zero-order valence-corrected chi connectivity index (χ0v) is 18.8. The molecule has 1 aliphatic rings. The van der Waals surface area contributed by atoms with Gasteiger partial charge in [0.2, 0.25) is 11.8 Å². The number of carbonyl (C=O) groups excluding carboxylic acids is 2. The van der Waals surface area contributed by atoms with E-state index in [2.05, 4.69) is 15.7 Å². The highest BCUT2D eigenvalue weighted by atomic mass is 35.5. The number of amides is 2. The number of hydrogen-bond donors (Lipinski definition) is 2. The third-order valence-electron chi connectivity index (χ3n) is 5.83. The average molecular weight is 442 g/mol. The molecule has 0 saturated carbocycles. The van der Waals surface area contributed by atoms with Crippen LogP contribution in [0.3, 0.4) is 0 Å². The van der Waals surface area contributed by atoms with Crippen LogP contribution in [0.5, 0.6) is 0 Å². The Bertz CT molecular complexity index is 1100. The van der Waals surface area contributed by atoms with E-state index in [0.29, 0.717) is 13.0 Å². The van der Waals surface area contributed by atoms with Crippen molar-refractivity contribution in [3.05, 3.63) is 59.8 Å². The zero-order valence-electron chi connectivity index (χ0n) is 18.0. The third-order valence-corrected chi connectivity index (χ3v) is 5.83. The van der Waals surface area contributed by atoms with Gasteiger partial charge in [-0.1, -0.05) is 36.4 Å². The van der Waals surface area contributed by atoms with Gasteiger partial charge in [-0.15, -0.1) is 12.4 Å². The van der Waals surface area contributed by atoms with Crippen LogP contribution in [0.15, 0.2) is 48.5 Å². The Morgan fingerprint density at radius 1 is 1.19 bits per heavy atom. The molecule has 4 rings (SSSR count). The Hall–Kier alpha value is -2.90. The molecule has 2 atom stereocenters. The van der Waals surface area contributed by atoms with E-state index >= 15 is 0 Å². The number of likely N-dealkylation sites (N-methyl/N-ethyl adjacent to an activating group) is 1. The minimum atomic E-state index is -0.573. The smallest absolute Gasteiger partial charge is 0.249 e. The SMILES string of the molecule is CN[C@@H](C)C(=O)N[C@H]1CCc2ccccc2N(Cc2nn(C)c3ccccc23)C1=O.Cl. The lowest BCUT2D eigenvalue weighted by Gasteiger charge is -2.26. The maximum Gasteiger partial charge on any atom is 0.249 e. The average Bonchev–Trinajstić information content (AvgIpc) is 3.02. The monoisotopic (exact) mass is 441 g/mol. The largest absolute Gasteiger partial charge is 0.343 e. The lowest BCUT2D eigenvalue weighted by Crippen LogP contribution is -2.52. The van der Waals surface area contributed by atoms with Gasteiger partial charge in [-0.3, -0.25) is 14.3 Å². The number of fused-ring (bicyclic) bond motifs is 2. The topological polar surface area (TPSA) is 79.3 Å². The summed E-state index contributed by atoms with van der Waals surface area (Å²) in [7, 11) is 3.64. The molecule has 0 saturated heterocycles. The Labute approximate surface area is 188 Å².